The van der Waals surface area contributed by atoms with E-state index in [9.17, 15) is 13.2 Å². The van der Waals surface area contributed by atoms with Crippen LogP contribution in [0.5, 0.6) is 5.75 Å². The van der Waals surface area contributed by atoms with Crippen molar-refractivity contribution in [3.05, 3.63) is 23.8 Å². The molecular weight excluding hydrogens is 378 g/mol. The number of ether oxygens (including phenoxy) is 1. The van der Waals surface area contributed by atoms with Crippen LogP contribution in [-0.4, -0.2) is 70.4 Å². The van der Waals surface area contributed by atoms with E-state index in [-0.39, 0.29) is 16.4 Å². The Kier molecular flexibility index (Phi) is 8.27. The third-order valence-electron chi connectivity index (χ3n) is 5.44. The molecule has 8 heteroatoms. The zero-order valence-electron chi connectivity index (χ0n) is 17.4. The highest BCUT2D eigenvalue weighted by Gasteiger charge is 2.24. The van der Waals surface area contributed by atoms with E-state index in [4.69, 9.17) is 4.74 Å². The summed E-state index contributed by atoms with van der Waals surface area (Å²) in [5.74, 6) is 0.685. The van der Waals surface area contributed by atoms with Crippen molar-refractivity contribution in [2.24, 2.45) is 5.92 Å². The summed E-state index contributed by atoms with van der Waals surface area (Å²) in [5, 5.41) is 2.93. The van der Waals surface area contributed by atoms with Crippen molar-refractivity contribution in [2.75, 3.05) is 46.9 Å². The maximum atomic E-state index is 12.8. The number of amides is 1. The molecule has 7 nitrogen and oxygen atoms in total. The number of benzene rings is 1. The van der Waals surface area contributed by atoms with Crippen molar-refractivity contribution < 1.29 is 17.9 Å². The predicted octanol–water partition coefficient (Wildman–Crippen LogP) is 2.19. The fraction of sp³-hybridized carbons (Fsp3) is 0.650. The Hall–Kier alpha value is -1.64. The van der Waals surface area contributed by atoms with Gasteiger partial charge in [-0.1, -0.05) is 13.8 Å². The molecule has 1 fully saturated rings. The summed E-state index contributed by atoms with van der Waals surface area (Å²) in [5.41, 5.74) is 0.249. The van der Waals surface area contributed by atoms with Gasteiger partial charge in [-0.25, -0.2) is 8.42 Å². The van der Waals surface area contributed by atoms with E-state index in [0.29, 0.717) is 31.3 Å². The minimum absolute atomic E-state index is 0.109. The van der Waals surface area contributed by atoms with Gasteiger partial charge in [0.15, 0.2) is 0 Å². The van der Waals surface area contributed by atoms with Gasteiger partial charge in [0.05, 0.1) is 17.6 Å². The minimum Gasteiger partial charge on any atom is -0.496 e. The Balaban J connectivity index is 2.09. The summed E-state index contributed by atoms with van der Waals surface area (Å²) in [6.45, 7) is 7.10. The van der Waals surface area contributed by atoms with E-state index in [2.05, 4.69) is 17.3 Å². The van der Waals surface area contributed by atoms with Crippen molar-refractivity contribution in [1.82, 2.24) is 14.5 Å². The first-order valence-electron chi connectivity index (χ1n) is 9.98. The molecule has 1 N–H and O–H groups in total. The molecule has 1 heterocycles. The fourth-order valence-electron chi connectivity index (χ4n) is 3.57. The summed E-state index contributed by atoms with van der Waals surface area (Å²) in [6.07, 6.45) is 3.22. The Morgan fingerprint density at radius 3 is 2.46 bits per heavy atom. The van der Waals surface area contributed by atoms with E-state index in [0.717, 1.165) is 32.4 Å². The van der Waals surface area contributed by atoms with E-state index < -0.39 is 10.0 Å². The van der Waals surface area contributed by atoms with Crippen molar-refractivity contribution >= 4 is 15.9 Å². The molecule has 0 atom stereocenters. The summed E-state index contributed by atoms with van der Waals surface area (Å²) >= 11 is 0. The van der Waals surface area contributed by atoms with Crippen molar-refractivity contribution in [3.8, 4) is 5.75 Å². The Morgan fingerprint density at radius 2 is 1.89 bits per heavy atom. The molecule has 0 aliphatic carbocycles. The van der Waals surface area contributed by atoms with Gasteiger partial charge in [-0.15, -0.1) is 0 Å². The lowest BCUT2D eigenvalue weighted by atomic mass is 9.94. The van der Waals surface area contributed by atoms with Crippen LogP contribution in [0, 0.1) is 5.92 Å². The summed E-state index contributed by atoms with van der Waals surface area (Å²) in [7, 11) is -0.0280. The van der Waals surface area contributed by atoms with Crippen LogP contribution >= 0.6 is 0 Å². The van der Waals surface area contributed by atoms with E-state index in [1.807, 2.05) is 0 Å². The van der Waals surface area contributed by atoms with Crippen LogP contribution in [0.3, 0.4) is 0 Å². The normalized spacial score (nSPS) is 16.3. The zero-order valence-corrected chi connectivity index (χ0v) is 18.2. The summed E-state index contributed by atoms with van der Waals surface area (Å²) < 4.78 is 32.2. The van der Waals surface area contributed by atoms with E-state index in [1.54, 1.807) is 19.9 Å². The van der Waals surface area contributed by atoms with Crippen LogP contribution in [0.1, 0.15) is 43.5 Å². The topological polar surface area (TPSA) is 78.9 Å². The highest BCUT2D eigenvalue weighted by molar-refractivity contribution is 7.89. The van der Waals surface area contributed by atoms with Gasteiger partial charge in [0, 0.05) is 19.6 Å². The Morgan fingerprint density at radius 1 is 1.25 bits per heavy atom. The van der Waals surface area contributed by atoms with Gasteiger partial charge in [-0.2, -0.15) is 4.31 Å². The van der Waals surface area contributed by atoms with Crippen molar-refractivity contribution in [2.45, 2.75) is 38.0 Å². The second kappa shape index (κ2) is 10.2. The number of carbonyl (C=O) groups excluding carboxylic acids is 1. The van der Waals surface area contributed by atoms with Crippen LogP contribution in [0.4, 0.5) is 0 Å². The maximum absolute atomic E-state index is 12.8. The number of methoxy groups -OCH3 is 1. The monoisotopic (exact) mass is 411 g/mol. The van der Waals surface area contributed by atoms with E-state index >= 15 is 0 Å². The number of hydrogen-bond acceptors (Lipinski definition) is 5. The first-order valence-corrected chi connectivity index (χ1v) is 11.4. The third-order valence-corrected chi connectivity index (χ3v) is 7.48. The van der Waals surface area contributed by atoms with Gasteiger partial charge in [-0.05, 0) is 63.5 Å². The molecule has 158 valence electrons. The lowest BCUT2D eigenvalue weighted by Gasteiger charge is -2.28. The number of likely N-dealkylation sites (tertiary alicyclic amines) is 1. The van der Waals surface area contributed by atoms with Gasteiger partial charge in [0.25, 0.3) is 5.91 Å². The molecule has 1 aliphatic heterocycles. The number of hydrogen-bond donors (Lipinski definition) is 1. The highest BCUT2D eigenvalue weighted by Crippen LogP contribution is 2.25. The summed E-state index contributed by atoms with van der Waals surface area (Å²) in [6, 6.07) is 4.45. The number of nitrogens with one attached hydrogen (secondary N) is 1. The molecule has 2 rings (SSSR count). The first kappa shape index (κ1) is 22.6. The largest absolute Gasteiger partial charge is 0.496 e. The maximum Gasteiger partial charge on any atom is 0.255 e. The van der Waals surface area contributed by atoms with Gasteiger partial charge >= 0.3 is 0 Å². The first-order chi connectivity index (χ1) is 13.3. The smallest absolute Gasteiger partial charge is 0.255 e. The molecule has 0 unspecified atom stereocenters. The van der Waals surface area contributed by atoms with Crippen LogP contribution in [0.25, 0.3) is 0 Å². The number of sulfonamides is 1. The number of rotatable bonds is 9. The van der Waals surface area contributed by atoms with Crippen LogP contribution in [0.15, 0.2) is 23.1 Å². The molecule has 0 spiro atoms. The number of nitrogens with zero attached hydrogens (tertiary/aromatic N) is 2. The molecule has 1 aromatic carbocycles. The number of piperidine rings is 1. The molecule has 0 bridgehead atoms. The molecule has 28 heavy (non-hydrogen) atoms. The molecule has 1 saturated heterocycles. The fourth-order valence-corrected chi connectivity index (χ4v) is 5.06. The van der Waals surface area contributed by atoms with Gasteiger partial charge in [0.2, 0.25) is 10.0 Å². The molecular formula is C20H33N3O4S. The lowest BCUT2D eigenvalue weighted by molar-refractivity contribution is 0.0945. The second-order valence-electron chi connectivity index (χ2n) is 7.24. The highest BCUT2D eigenvalue weighted by atomic mass is 32.2. The molecule has 1 amide bonds. The van der Waals surface area contributed by atoms with Gasteiger partial charge < -0.3 is 15.0 Å². The molecule has 1 aromatic rings. The Bertz CT molecular complexity index is 755. The second-order valence-corrected chi connectivity index (χ2v) is 9.18. The molecule has 0 radical (unpaired) electrons. The van der Waals surface area contributed by atoms with Crippen LogP contribution in [0.2, 0.25) is 0 Å². The van der Waals surface area contributed by atoms with E-state index in [1.165, 1.54) is 23.5 Å². The van der Waals surface area contributed by atoms with Gasteiger partial charge in [0.1, 0.15) is 5.75 Å². The predicted molar refractivity (Wildman–Crippen MR) is 110 cm³/mol. The quantitative estimate of drug-likeness (QED) is 0.674. The SMILES string of the molecule is CCN(CC)S(=O)(=O)c1ccc(OC)c(C(=O)NCCC2CCN(C)CC2)c1. The standard InChI is InChI=1S/C20H33N3O4S/c1-5-23(6-2)28(25,26)17-7-8-19(27-4)18(15-17)20(24)21-12-9-16-10-13-22(3)14-11-16/h7-8,15-16H,5-6,9-14H2,1-4H3,(H,21,24). The third kappa shape index (κ3) is 5.46. The van der Waals surface area contributed by atoms with Crippen LogP contribution in [-0.2, 0) is 10.0 Å². The van der Waals surface area contributed by atoms with Gasteiger partial charge in [-0.3, -0.25) is 4.79 Å². The average molecular weight is 412 g/mol. The zero-order chi connectivity index (χ0) is 20.7. The lowest BCUT2D eigenvalue weighted by Crippen LogP contribution is -2.33. The molecule has 1 aliphatic rings. The van der Waals surface area contributed by atoms with Crippen molar-refractivity contribution in [3.63, 3.8) is 0 Å². The molecule has 0 aromatic heterocycles. The van der Waals surface area contributed by atoms with Crippen LogP contribution < -0.4 is 10.1 Å². The summed E-state index contributed by atoms with van der Waals surface area (Å²) in [4.78, 5) is 15.1. The van der Waals surface area contributed by atoms with Crippen molar-refractivity contribution in [1.29, 1.82) is 0 Å². The minimum atomic E-state index is -3.63. The average Bonchev–Trinajstić information content (AvgIpc) is 2.69. The Labute approximate surface area is 169 Å². The number of carbonyl (C=O) groups is 1. The molecule has 0 saturated carbocycles.